The Hall–Kier alpha value is -3.39. The number of rotatable bonds is 10. The van der Waals surface area contributed by atoms with E-state index < -0.39 is 12.1 Å². The van der Waals surface area contributed by atoms with E-state index in [2.05, 4.69) is 15.5 Å². The predicted octanol–water partition coefficient (Wildman–Crippen LogP) is 3.13. The van der Waals surface area contributed by atoms with E-state index in [0.29, 0.717) is 24.6 Å². The number of benzene rings is 2. The van der Waals surface area contributed by atoms with E-state index in [1.165, 1.54) is 0 Å². The Balaban J connectivity index is 1.49. The van der Waals surface area contributed by atoms with Crippen LogP contribution in [0.2, 0.25) is 0 Å². The molecule has 0 saturated carbocycles. The van der Waals surface area contributed by atoms with Crippen LogP contribution in [-0.2, 0) is 24.2 Å². The number of aromatic nitrogens is 2. The molecule has 2 atom stereocenters. The van der Waals surface area contributed by atoms with Crippen molar-refractivity contribution in [2.45, 2.75) is 32.4 Å². The lowest BCUT2D eigenvalue weighted by molar-refractivity contribution is 0.121. The first-order valence-corrected chi connectivity index (χ1v) is 10.1. The van der Waals surface area contributed by atoms with Crippen LogP contribution in [0.4, 0.5) is 4.79 Å². The number of hydrogen-bond donors (Lipinski definition) is 2. The van der Waals surface area contributed by atoms with Gasteiger partial charge in [0.25, 0.3) is 0 Å². The Kier molecular flexibility index (Phi) is 8.00. The van der Waals surface area contributed by atoms with Gasteiger partial charge in [-0.05, 0) is 29.2 Å². The molecule has 0 radical (unpaired) electrons. The van der Waals surface area contributed by atoms with Crippen molar-refractivity contribution < 1.29 is 23.9 Å². The summed E-state index contributed by atoms with van der Waals surface area (Å²) in [6.07, 6.45) is 0.373. The zero-order valence-electron chi connectivity index (χ0n) is 17.7. The van der Waals surface area contributed by atoms with E-state index >= 15 is 0 Å². The molecule has 31 heavy (non-hydrogen) atoms. The molecule has 2 N–H and O–H groups in total. The molecule has 1 heterocycles. The standard InChI is InChI=1S/C23H27N3O5/c1-16(20(14-27)24-23(28)30-15-18-6-4-3-5-7-18)12-21-25-22(31-26-21)13-17-8-10-19(29-2)11-9-17/h3-11,16,20,27H,12-15H2,1-2H3,(H,24,28). The van der Waals surface area contributed by atoms with Crippen LogP contribution in [0.3, 0.4) is 0 Å². The van der Waals surface area contributed by atoms with E-state index in [0.717, 1.165) is 16.9 Å². The second-order valence-corrected chi connectivity index (χ2v) is 7.31. The maximum atomic E-state index is 12.1. The fourth-order valence-electron chi connectivity index (χ4n) is 3.08. The van der Waals surface area contributed by atoms with Crippen LogP contribution in [0.1, 0.15) is 29.8 Å². The van der Waals surface area contributed by atoms with Crippen LogP contribution in [-0.4, -0.2) is 41.1 Å². The number of alkyl carbamates (subject to hydrolysis) is 1. The minimum atomic E-state index is -0.581. The minimum Gasteiger partial charge on any atom is -0.497 e. The molecule has 3 aromatic rings. The van der Waals surface area contributed by atoms with Gasteiger partial charge in [0.1, 0.15) is 12.4 Å². The first-order valence-electron chi connectivity index (χ1n) is 10.1. The number of nitrogens with one attached hydrogen (secondary N) is 1. The summed E-state index contributed by atoms with van der Waals surface area (Å²) in [5.41, 5.74) is 1.92. The molecule has 3 rings (SSSR count). The Morgan fingerprint density at radius 3 is 2.55 bits per heavy atom. The highest BCUT2D eigenvalue weighted by Crippen LogP contribution is 2.16. The molecule has 2 unspecified atom stereocenters. The summed E-state index contributed by atoms with van der Waals surface area (Å²) >= 11 is 0. The number of carbonyl (C=O) groups is 1. The SMILES string of the molecule is COc1ccc(Cc2nc(CC(C)C(CO)NC(=O)OCc3ccccc3)no2)cc1. The van der Waals surface area contributed by atoms with Gasteiger partial charge in [-0.3, -0.25) is 0 Å². The Morgan fingerprint density at radius 2 is 1.87 bits per heavy atom. The third kappa shape index (κ3) is 6.82. The van der Waals surface area contributed by atoms with Gasteiger partial charge in [-0.15, -0.1) is 0 Å². The topological polar surface area (TPSA) is 107 Å². The normalized spacial score (nSPS) is 12.7. The number of amides is 1. The number of aliphatic hydroxyl groups excluding tert-OH is 1. The Morgan fingerprint density at radius 1 is 1.13 bits per heavy atom. The average Bonchev–Trinajstić information content (AvgIpc) is 3.23. The molecule has 2 aromatic carbocycles. The van der Waals surface area contributed by atoms with E-state index in [9.17, 15) is 9.90 Å². The van der Waals surface area contributed by atoms with E-state index in [-0.39, 0.29) is 19.1 Å². The lowest BCUT2D eigenvalue weighted by Crippen LogP contribution is -2.43. The highest BCUT2D eigenvalue weighted by atomic mass is 16.5. The molecule has 0 fully saturated rings. The highest BCUT2D eigenvalue weighted by Gasteiger charge is 2.22. The molecule has 0 aliphatic carbocycles. The monoisotopic (exact) mass is 425 g/mol. The summed E-state index contributed by atoms with van der Waals surface area (Å²) in [5.74, 6) is 1.69. The summed E-state index contributed by atoms with van der Waals surface area (Å²) in [7, 11) is 1.62. The zero-order chi connectivity index (χ0) is 22.1. The van der Waals surface area contributed by atoms with Crippen molar-refractivity contribution in [3.05, 3.63) is 77.4 Å². The summed E-state index contributed by atoms with van der Waals surface area (Å²) in [4.78, 5) is 16.5. The van der Waals surface area contributed by atoms with Gasteiger partial charge in [0, 0.05) is 6.42 Å². The number of nitrogens with zero attached hydrogens (tertiary/aromatic N) is 2. The molecule has 0 aliphatic rings. The maximum Gasteiger partial charge on any atom is 0.407 e. The molecular weight excluding hydrogens is 398 g/mol. The average molecular weight is 425 g/mol. The second kappa shape index (κ2) is 11.1. The van der Waals surface area contributed by atoms with Crippen LogP contribution in [0, 0.1) is 5.92 Å². The highest BCUT2D eigenvalue weighted by molar-refractivity contribution is 5.67. The largest absolute Gasteiger partial charge is 0.497 e. The summed E-state index contributed by atoms with van der Waals surface area (Å²) in [6, 6.07) is 16.5. The van der Waals surface area contributed by atoms with Crippen molar-refractivity contribution in [2.75, 3.05) is 13.7 Å². The van der Waals surface area contributed by atoms with Gasteiger partial charge < -0.3 is 24.4 Å². The molecule has 164 valence electrons. The predicted molar refractivity (Wildman–Crippen MR) is 114 cm³/mol. The number of ether oxygens (including phenoxy) is 2. The quantitative estimate of drug-likeness (QED) is 0.514. The molecule has 8 heteroatoms. The molecule has 0 spiro atoms. The Labute approximate surface area is 181 Å². The number of aliphatic hydroxyl groups is 1. The van der Waals surface area contributed by atoms with Crippen LogP contribution in [0.15, 0.2) is 59.1 Å². The Bertz CT molecular complexity index is 943. The third-order valence-electron chi connectivity index (χ3n) is 4.93. The molecule has 0 saturated heterocycles. The smallest absolute Gasteiger partial charge is 0.407 e. The summed E-state index contributed by atoms with van der Waals surface area (Å²) in [5, 5.41) is 16.4. The van der Waals surface area contributed by atoms with Crippen LogP contribution in [0.5, 0.6) is 5.75 Å². The van der Waals surface area contributed by atoms with Crippen molar-refractivity contribution in [3.63, 3.8) is 0 Å². The lowest BCUT2D eigenvalue weighted by Gasteiger charge is -2.22. The number of methoxy groups -OCH3 is 1. The van der Waals surface area contributed by atoms with Crippen molar-refractivity contribution in [1.82, 2.24) is 15.5 Å². The fraction of sp³-hybridized carbons (Fsp3) is 0.348. The minimum absolute atomic E-state index is 0.124. The number of carbonyl (C=O) groups excluding carboxylic acids is 1. The third-order valence-corrected chi connectivity index (χ3v) is 4.93. The van der Waals surface area contributed by atoms with Gasteiger partial charge in [-0.1, -0.05) is 54.5 Å². The van der Waals surface area contributed by atoms with Crippen LogP contribution < -0.4 is 10.1 Å². The first-order chi connectivity index (χ1) is 15.1. The van der Waals surface area contributed by atoms with Gasteiger partial charge in [0.05, 0.1) is 26.2 Å². The maximum absolute atomic E-state index is 12.1. The fourth-order valence-corrected chi connectivity index (χ4v) is 3.08. The first kappa shape index (κ1) is 22.3. The molecule has 1 aromatic heterocycles. The van der Waals surface area contributed by atoms with Gasteiger partial charge in [0.2, 0.25) is 5.89 Å². The van der Waals surface area contributed by atoms with Crippen molar-refractivity contribution in [3.8, 4) is 5.75 Å². The van der Waals surface area contributed by atoms with E-state index in [4.69, 9.17) is 14.0 Å². The molecule has 0 bridgehead atoms. The molecule has 1 amide bonds. The summed E-state index contributed by atoms with van der Waals surface area (Å²) in [6.45, 7) is 1.84. The molecule has 0 aliphatic heterocycles. The second-order valence-electron chi connectivity index (χ2n) is 7.31. The van der Waals surface area contributed by atoms with Gasteiger partial charge in [-0.25, -0.2) is 4.79 Å². The van der Waals surface area contributed by atoms with Gasteiger partial charge >= 0.3 is 6.09 Å². The molecular formula is C23H27N3O5. The van der Waals surface area contributed by atoms with Crippen molar-refractivity contribution in [1.29, 1.82) is 0 Å². The number of hydrogen-bond acceptors (Lipinski definition) is 7. The van der Waals surface area contributed by atoms with E-state index in [1.54, 1.807) is 7.11 Å². The summed E-state index contributed by atoms with van der Waals surface area (Å²) < 4.78 is 15.7. The van der Waals surface area contributed by atoms with Gasteiger partial charge in [-0.2, -0.15) is 4.98 Å². The lowest BCUT2D eigenvalue weighted by atomic mass is 9.99. The van der Waals surface area contributed by atoms with Crippen LogP contribution in [0.25, 0.3) is 0 Å². The molecule has 8 nitrogen and oxygen atoms in total. The van der Waals surface area contributed by atoms with Gasteiger partial charge in [0.15, 0.2) is 5.82 Å². The van der Waals surface area contributed by atoms with Crippen molar-refractivity contribution >= 4 is 6.09 Å². The zero-order valence-corrected chi connectivity index (χ0v) is 17.7. The van der Waals surface area contributed by atoms with E-state index in [1.807, 2.05) is 61.5 Å². The van der Waals surface area contributed by atoms with Crippen molar-refractivity contribution in [2.24, 2.45) is 5.92 Å². The van der Waals surface area contributed by atoms with Crippen LogP contribution >= 0.6 is 0 Å².